The molecular weight excluding hydrogens is 1540 g/mol. The van der Waals surface area contributed by atoms with Crippen LogP contribution in [0.25, 0.3) is 195 Å². The summed E-state index contributed by atoms with van der Waals surface area (Å²) in [5.74, 6) is 0.123. The number of hydrogen-bond acceptors (Lipinski definition) is 7. The summed E-state index contributed by atoms with van der Waals surface area (Å²) in [5, 5.41) is 68.5. The van der Waals surface area contributed by atoms with Gasteiger partial charge in [-0.1, -0.05) is 259 Å². The maximum atomic E-state index is 12.3. The van der Waals surface area contributed by atoms with Gasteiger partial charge in [0.2, 0.25) is 11.0 Å². The number of nitriles is 3. The van der Waals surface area contributed by atoms with Crippen molar-refractivity contribution in [2.24, 2.45) is 0 Å². The summed E-state index contributed by atoms with van der Waals surface area (Å²) in [4.78, 5) is 6.67. The molecule has 24 rings (SSSR count). The van der Waals surface area contributed by atoms with E-state index in [1.807, 2.05) is 158 Å². The molecule has 2 N–H and O–H groups in total. The van der Waals surface area contributed by atoms with Gasteiger partial charge >= 0.3 is 10.1 Å². The monoisotopic (exact) mass is 1610 g/mol. The second kappa shape index (κ2) is 31.9. The van der Waals surface area contributed by atoms with Crippen molar-refractivity contribution in [2.45, 2.75) is 0 Å². The second-order valence-corrected chi connectivity index (χ2v) is 32.3. The van der Waals surface area contributed by atoms with Gasteiger partial charge in [-0.05, 0) is 202 Å². The quantitative estimate of drug-likeness (QED) is 0.138. The molecule has 0 fully saturated rings. The number of nitrogens with zero attached hydrogens (tertiary/aromatic N) is 7. The fourth-order valence-electron chi connectivity index (χ4n) is 17.3. The molecule has 0 bridgehead atoms. The summed E-state index contributed by atoms with van der Waals surface area (Å²) >= 11 is 3.24. The third-order valence-corrected chi connectivity index (χ3v) is 25.2. The first-order valence-corrected chi connectivity index (χ1v) is 41.7. The molecule has 6 aromatic heterocycles. The minimum Gasteiger partial charge on any atom is -0.872 e. The van der Waals surface area contributed by atoms with E-state index in [1.54, 1.807) is 34.8 Å². The standard InChI is InChI=1S/C38H22N4.C37H23N3.2C17H11NOS.Be/c39-23-25-6-5-7-30(20-25)42-36-11-4-2-9-32(36)34-22-28(15-19-38(34)42)27-13-16-29(17-14-27)41-35-10-3-1-8-31(35)33-21-26(24-40)12-18-37(33)41;38-24-25-8-7-9-29(22-25)40-36-15-6-3-12-32(36)33-23-27(18-21-37(33)40)26-16-19-28(20-17-26)39-34-13-4-1-10-30(34)31-11-2-5-14-35(31)39;2*19-15-10-12-6-2-1-5-11(12)9-13(15)17-18-14-7-3-4-8-16(14)20-17;/h1-22H;1-23H;2*1-10,19H;/q;;;;+2. The molecule has 0 radical (unpaired) electrons. The molecule has 0 atom stereocenters. The fourth-order valence-corrected chi connectivity index (χ4v) is 19.3. The van der Waals surface area contributed by atoms with Crippen LogP contribution in [0.5, 0.6) is 11.5 Å². The number of nitrogens with one attached hydrogen (secondary N) is 2. The van der Waals surface area contributed by atoms with Crippen LogP contribution >= 0.6 is 22.7 Å². The van der Waals surface area contributed by atoms with Crippen molar-refractivity contribution in [3.8, 4) is 95.9 Å². The number of aromatic nitrogens is 6. The van der Waals surface area contributed by atoms with E-state index < -0.39 is 0 Å². The number of para-hydroxylation sites is 7. The van der Waals surface area contributed by atoms with Crippen molar-refractivity contribution in [3.63, 3.8) is 0 Å². The van der Waals surface area contributed by atoms with Crippen LogP contribution in [0.1, 0.15) is 16.7 Å². The molecule has 0 spiro atoms. The van der Waals surface area contributed by atoms with E-state index in [0.29, 0.717) is 16.7 Å². The van der Waals surface area contributed by atoms with E-state index in [-0.39, 0.29) is 21.6 Å². The summed E-state index contributed by atoms with van der Waals surface area (Å²) in [6.45, 7) is 0. The Balaban J connectivity index is 0.000000109. The van der Waals surface area contributed by atoms with Gasteiger partial charge < -0.3 is 28.5 Å². The normalized spacial score (nSPS) is 11.2. The zero-order valence-corrected chi connectivity index (χ0v) is 67.6. The van der Waals surface area contributed by atoms with Crippen LogP contribution in [-0.2, 0) is 0 Å². The number of benzene rings is 18. The molecule has 572 valence electrons. The largest absolute Gasteiger partial charge is 2.00 e. The van der Waals surface area contributed by atoms with Gasteiger partial charge in [0.25, 0.3) is 10.0 Å². The van der Waals surface area contributed by atoms with Gasteiger partial charge in [0, 0.05) is 78.0 Å². The molecule has 0 amide bonds. The summed E-state index contributed by atoms with van der Waals surface area (Å²) < 4.78 is 11.4. The van der Waals surface area contributed by atoms with E-state index in [9.17, 15) is 26.0 Å². The van der Waals surface area contributed by atoms with Gasteiger partial charge in [0.05, 0.1) is 90.2 Å². The van der Waals surface area contributed by atoms with Gasteiger partial charge in [0.15, 0.2) is 0 Å². The van der Waals surface area contributed by atoms with Crippen LogP contribution in [-0.4, -0.2) is 28.4 Å². The SMILES string of the molecule is N#Cc1cccc(-n2c3ccccc3c3cc(-c4ccc(-n5c6ccccc6c6cc(C#N)ccc65)cc4)ccc32)c1.N#Cc1cccc(-n2c3ccccc3c3cc(-c4ccc(-n5c6ccccc6c6ccccc65)cc4)ccc32)c1.[Be+2].[O-]c1cc2ccccc2cc1-c1[nH+]c2ccccc2s1.[O-]c1cc2ccccc2cc1-c1[nH+]c2ccccc2s1. The number of rotatable bonds is 8. The topological polar surface area (TPSA) is 165 Å². The van der Waals surface area contributed by atoms with Crippen LogP contribution in [0.2, 0.25) is 0 Å². The molecule has 0 saturated heterocycles. The maximum Gasteiger partial charge on any atom is 2.00 e. The Morgan fingerprint density at radius 1 is 0.236 bits per heavy atom. The average Bonchev–Trinajstić information content (AvgIpc) is 1.60. The smallest absolute Gasteiger partial charge is 0.872 e. The third kappa shape index (κ3) is 13.7. The molecule has 14 heteroatoms. The van der Waals surface area contributed by atoms with Crippen molar-refractivity contribution in [1.82, 2.24) is 18.3 Å². The Morgan fingerprint density at radius 2 is 0.528 bits per heavy atom. The summed E-state index contributed by atoms with van der Waals surface area (Å²) in [5.41, 5.74) is 23.5. The van der Waals surface area contributed by atoms with Crippen molar-refractivity contribution >= 4 is 162 Å². The van der Waals surface area contributed by atoms with E-state index >= 15 is 0 Å². The molecule has 24 aromatic rings. The van der Waals surface area contributed by atoms with E-state index in [4.69, 9.17) is 0 Å². The van der Waals surface area contributed by atoms with E-state index in [0.717, 1.165) is 141 Å². The maximum absolute atomic E-state index is 12.3. The van der Waals surface area contributed by atoms with E-state index in [1.165, 1.54) is 54.5 Å². The molecule has 6 heterocycles. The summed E-state index contributed by atoms with van der Waals surface area (Å²) in [6, 6.07) is 141. The molecule has 18 aromatic carbocycles. The van der Waals surface area contributed by atoms with Crippen LogP contribution in [0.3, 0.4) is 0 Å². The molecule has 11 nitrogen and oxygen atoms in total. The average molecular weight is 1610 g/mol. The first-order valence-electron chi connectivity index (χ1n) is 40.1. The first kappa shape index (κ1) is 75.4. The van der Waals surface area contributed by atoms with Crippen molar-refractivity contribution < 1.29 is 20.2 Å². The fraction of sp³-hybridized carbons (Fsp3) is 0. The molecule has 0 saturated carbocycles. The Morgan fingerprint density at radius 3 is 0.902 bits per heavy atom. The van der Waals surface area contributed by atoms with Crippen molar-refractivity contribution in [3.05, 3.63) is 411 Å². The minimum absolute atomic E-state index is 0. The molecule has 0 aliphatic carbocycles. The number of fused-ring (bicyclic) bond motifs is 16. The predicted octanol–water partition coefficient (Wildman–Crippen LogP) is 25.5. The Hall–Kier alpha value is -16.3. The minimum atomic E-state index is 0. The summed E-state index contributed by atoms with van der Waals surface area (Å²) in [6.07, 6.45) is 0. The Bertz CT molecular complexity index is 8160. The molecule has 0 aliphatic rings. The van der Waals surface area contributed by atoms with Crippen LogP contribution in [0.4, 0.5) is 0 Å². The zero-order chi connectivity index (χ0) is 81.9. The van der Waals surface area contributed by atoms with E-state index in [2.05, 4.69) is 271 Å². The van der Waals surface area contributed by atoms with Crippen LogP contribution in [0, 0.1) is 34.0 Å². The van der Waals surface area contributed by atoms with Gasteiger partial charge in [-0.15, -0.1) is 0 Å². The Kier molecular flexibility index (Phi) is 19.5. The molecule has 123 heavy (non-hydrogen) atoms. The first-order chi connectivity index (χ1) is 60.1. The van der Waals surface area contributed by atoms with Gasteiger partial charge in [0.1, 0.15) is 9.40 Å². The van der Waals surface area contributed by atoms with Gasteiger partial charge in [-0.3, -0.25) is 0 Å². The van der Waals surface area contributed by atoms with Crippen molar-refractivity contribution in [1.29, 1.82) is 15.8 Å². The predicted molar refractivity (Wildman–Crippen MR) is 503 cm³/mol. The zero-order valence-electron chi connectivity index (χ0n) is 66.0. The molecule has 0 unspecified atom stereocenters. The van der Waals surface area contributed by atoms with Crippen molar-refractivity contribution in [2.75, 3.05) is 0 Å². The third-order valence-electron chi connectivity index (χ3n) is 23.0. The van der Waals surface area contributed by atoms with Gasteiger partial charge in [-0.25, -0.2) is 0 Å². The number of H-pyrrole nitrogens is 2. The van der Waals surface area contributed by atoms with Gasteiger partial charge in [-0.2, -0.15) is 25.8 Å². The molecular formula is C109H67BeN9O2S2+2. The number of hydrogen-bond donors (Lipinski definition) is 0. The summed E-state index contributed by atoms with van der Waals surface area (Å²) in [7, 11) is 0. The number of aromatic amines is 2. The van der Waals surface area contributed by atoms with Crippen LogP contribution < -0.4 is 20.2 Å². The van der Waals surface area contributed by atoms with Crippen LogP contribution in [0.15, 0.2) is 394 Å². The Labute approximate surface area is 717 Å². The second-order valence-electron chi connectivity index (χ2n) is 30.1. The number of thiazole rings is 2. The molecule has 0 aliphatic heterocycles.